The maximum absolute atomic E-state index is 6.30. The monoisotopic (exact) mass is 265 g/mol. The topological polar surface area (TPSA) is 48.4 Å². The van der Waals surface area contributed by atoms with Gasteiger partial charge in [-0.05, 0) is 31.4 Å². The van der Waals surface area contributed by atoms with Crippen LogP contribution in [-0.2, 0) is 4.74 Å². The molecule has 96 valence electrons. The molecule has 2 aromatic rings. The lowest BCUT2D eigenvalue weighted by Gasteiger charge is -2.44. The predicted molar refractivity (Wildman–Crippen MR) is 71.7 cm³/mol. The van der Waals surface area contributed by atoms with Crippen LogP contribution in [0.3, 0.4) is 0 Å². The second kappa shape index (κ2) is 4.26. The average Bonchev–Trinajstić information content (AvgIpc) is 2.73. The molecule has 0 amide bonds. The molecule has 1 unspecified atom stereocenters. The third-order valence-corrected chi connectivity index (χ3v) is 4.29. The molecular weight excluding hydrogens is 250 g/mol. The van der Waals surface area contributed by atoms with Crippen molar-refractivity contribution in [1.29, 1.82) is 0 Å². The largest absolute Gasteiger partial charge is 0.458 e. The minimum Gasteiger partial charge on any atom is -0.458 e. The summed E-state index contributed by atoms with van der Waals surface area (Å²) in [7, 11) is 1.72. The van der Waals surface area contributed by atoms with Gasteiger partial charge in [-0.3, -0.25) is 0 Å². The van der Waals surface area contributed by atoms with Crippen LogP contribution in [0.1, 0.15) is 31.1 Å². The summed E-state index contributed by atoms with van der Waals surface area (Å²) in [4.78, 5) is 0. The fourth-order valence-corrected chi connectivity index (χ4v) is 2.85. The molecule has 1 fully saturated rings. The number of hydrogen-bond donors (Lipinski definition) is 1. The standard InChI is InChI=1S/C14H16ClNO2/c1-17-14(6-3-7-14)13(16)11-8-9-4-2-5-10(15)12(9)18-11/h2,4-5,8,13H,3,6-7,16H2,1H3. The third-order valence-electron chi connectivity index (χ3n) is 3.99. The summed E-state index contributed by atoms with van der Waals surface area (Å²) in [6.07, 6.45) is 3.12. The van der Waals surface area contributed by atoms with Crippen LogP contribution in [0.15, 0.2) is 28.7 Å². The van der Waals surface area contributed by atoms with Gasteiger partial charge in [-0.25, -0.2) is 0 Å². The Labute approximate surface area is 111 Å². The zero-order chi connectivity index (χ0) is 12.8. The molecule has 1 aliphatic rings. The molecular formula is C14H16ClNO2. The second-order valence-corrected chi connectivity index (χ2v) is 5.31. The Bertz CT molecular complexity index is 569. The summed E-state index contributed by atoms with van der Waals surface area (Å²) < 4.78 is 11.4. The van der Waals surface area contributed by atoms with Crippen molar-refractivity contribution in [2.45, 2.75) is 30.9 Å². The fourth-order valence-electron chi connectivity index (χ4n) is 2.63. The number of ether oxygens (including phenoxy) is 1. The molecule has 3 rings (SSSR count). The van der Waals surface area contributed by atoms with E-state index in [1.54, 1.807) is 7.11 Å². The number of para-hydroxylation sites is 1. The highest BCUT2D eigenvalue weighted by molar-refractivity contribution is 6.34. The van der Waals surface area contributed by atoms with Crippen molar-refractivity contribution in [3.63, 3.8) is 0 Å². The first kappa shape index (κ1) is 12.0. The van der Waals surface area contributed by atoms with Crippen molar-refractivity contribution in [2.75, 3.05) is 7.11 Å². The molecule has 0 radical (unpaired) electrons. The highest BCUT2D eigenvalue weighted by atomic mass is 35.5. The van der Waals surface area contributed by atoms with Crippen molar-refractivity contribution in [3.05, 3.63) is 35.0 Å². The molecule has 0 aliphatic heterocycles. The summed E-state index contributed by atoms with van der Waals surface area (Å²) in [6, 6.07) is 7.43. The van der Waals surface area contributed by atoms with Crippen LogP contribution in [0, 0.1) is 0 Å². The van der Waals surface area contributed by atoms with E-state index in [2.05, 4.69) is 0 Å². The van der Waals surface area contributed by atoms with Gasteiger partial charge >= 0.3 is 0 Å². The maximum atomic E-state index is 6.30. The quantitative estimate of drug-likeness (QED) is 0.921. The molecule has 0 bridgehead atoms. The Morgan fingerprint density at radius 2 is 2.22 bits per heavy atom. The second-order valence-electron chi connectivity index (χ2n) is 4.91. The van der Waals surface area contributed by atoms with E-state index in [0.717, 1.165) is 30.4 Å². The average molecular weight is 266 g/mol. The van der Waals surface area contributed by atoms with Crippen molar-refractivity contribution in [1.82, 2.24) is 0 Å². The van der Waals surface area contributed by atoms with Gasteiger partial charge in [-0.2, -0.15) is 0 Å². The van der Waals surface area contributed by atoms with E-state index in [4.69, 9.17) is 26.5 Å². The van der Waals surface area contributed by atoms with Gasteiger partial charge in [0.1, 0.15) is 5.76 Å². The Kier molecular flexibility index (Phi) is 2.85. The molecule has 1 aromatic carbocycles. The fraction of sp³-hybridized carbons (Fsp3) is 0.429. The number of furan rings is 1. The van der Waals surface area contributed by atoms with Crippen LogP contribution >= 0.6 is 11.6 Å². The first-order chi connectivity index (χ1) is 8.66. The molecule has 4 heteroatoms. The van der Waals surface area contributed by atoms with Crippen LogP contribution in [0.25, 0.3) is 11.0 Å². The molecule has 1 saturated carbocycles. The van der Waals surface area contributed by atoms with E-state index in [1.807, 2.05) is 24.3 Å². The third kappa shape index (κ3) is 1.66. The number of benzene rings is 1. The summed E-state index contributed by atoms with van der Waals surface area (Å²) in [5.41, 5.74) is 6.74. The van der Waals surface area contributed by atoms with E-state index in [-0.39, 0.29) is 11.6 Å². The van der Waals surface area contributed by atoms with Crippen molar-refractivity contribution >= 4 is 22.6 Å². The number of rotatable bonds is 3. The minimum atomic E-state index is -0.264. The lowest BCUT2D eigenvalue weighted by atomic mass is 9.74. The normalized spacial score (nSPS) is 19.7. The van der Waals surface area contributed by atoms with E-state index in [1.165, 1.54) is 0 Å². The molecule has 0 saturated heterocycles. The Morgan fingerprint density at radius 3 is 2.78 bits per heavy atom. The Hall–Kier alpha value is -1.03. The molecule has 1 aromatic heterocycles. The molecule has 1 heterocycles. The van der Waals surface area contributed by atoms with Gasteiger partial charge in [0.25, 0.3) is 0 Å². The highest BCUT2D eigenvalue weighted by Crippen LogP contribution is 2.44. The van der Waals surface area contributed by atoms with E-state index >= 15 is 0 Å². The van der Waals surface area contributed by atoms with Crippen LogP contribution in [0.4, 0.5) is 0 Å². The van der Waals surface area contributed by atoms with E-state index in [0.29, 0.717) is 10.6 Å². The van der Waals surface area contributed by atoms with Crippen molar-refractivity contribution < 1.29 is 9.15 Å². The molecule has 1 aliphatic carbocycles. The summed E-state index contributed by atoms with van der Waals surface area (Å²) >= 11 is 6.11. The lowest BCUT2D eigenvalue weighted by molar-refractivity contribution is -0.0947. The van der Waals surface area contributed by atoms with Gasteiger partial charge < -0.3 is 14.9 Å². The van der Waals surface area contributed by atoms with Crippen molar-refractivity contribution in [2.24, 2.45) is 5.73 Å². The van der Waals surface area contributed by atoms with Crippen LogP contribution in [-0.4, -0.2) is 12.7 Å². The number of halogens is 1. The van der Waals surface area contributed by atoms with Gasteiger partial charge in [-0.15, -0.1) is 0 Å². The Morgan fingerprint density at radius 1 is 1.44 bits per heavy atom. The van der Waals surface area contributed by atoms with Crippen LogP contribution in [0.5, 0.6) is 0 Å². The van der Waals surface area contributed by atoms with Gasteiger partial charge in [0.15, 0.2) is 5.58 Å². The SMILES string of the molecule is COC1(C(N)c2cc3cccc(Cl)c3o2)CCC1. The number of nitrogens with two attached hydrogens (primary N) is 1. The molecule has 0 spiro atoms. The zero-order valence-electron chi connectivity index (χ0n) is 10.3. The van der Waals surface area contributed by atoms with Crippen LogP contribution in [0.2, 0.25) is 5.02 Å². The van der Waals surface area contributed by atoms with Gasteiger partial charge in [0.05, 0.1) is 16.7 Å². The zero-order valence-corrected chi connectivity index (χ0v) is 11.0. The number of hydrogen-bond acceptors (Lipinski definition) is 3. The van der Waals surface area contributed by atoms with Crippen LogP contribution < -0.4 is 5.73 Å². The van der Waals surface area contributed by atoms with Gasteiger partial charge in [0, 0.05) is 12.5 Å². The highest BCUT2D eigenvalue weighted by Gasteiger charge is 2.44. The molecule has 3 nitrogen and oxygen atoms in total. The molecule has 18 heavy (non-hydrogen) atoms. The number of fused-ring (bicyclic) bond motifs is 1. The molecule has 2 N–H and O–H groups in total. The summed E-state index contributed by atoms with van der Waals surface area (Å²) in [5.74, 6) is 0.750. The lowest BCUT2D eigenvalue weighted by Crippen LogP contribution is -2.48. The van der Waals surface area contributed by atoms with Gasteiger partial charge in [-0.1, -0.05) is 23.7 Å². The van der Waals surface area contributed by atoms with E-state index in [9.17, 15) is 0 Å². The first-order valence-electron chi connectivity index (χ1n) is 6.15. The first-order valence-corrected chi connectivity index (χ1v) is 6.53. The van der Waals surface area contributed by atoms with Crippen molar-refractivity contribution in [3.8, 4) is 0 Å². The molecule has 1 atom stereocenters. The smallest absolute Gasteiger partial charge is 0.152 e. The number of methoxy groups -OCH3 is 1. The van der Waals surface area contributed by atoms with Gasteiger partial charge in [0.2, 0.25) is 0 Å². The summed E-state index contributed by atoms with van der Waals surface area (Å²) in [5, 5.41) is 1.60. The minimum absolute atomic E-state index is 0.236. The summed E-state index contributed by atoms with van der Waals surface area (Å²) in [6.45, 7) is 0. The maximum Gasteiger partial charge on any atom is 0.152 e. The Balaban J connectivity index is 2.01. The predicted octanol–water partition coefficient (Wildman–Crippen LogP) is 3.66. The van der Waals surface area contributed by atoms with E-state index < -0.39 is 0 Å².